The summed E-state index contributed by atoms with van der Waals surface area (Å²) in [4.78, 5) is 11.3. The van der Waals surface area contributed by atoms with Gasteiger partial charge in [-0.3, -0.25) is 0 Å². The number of hydrogen-bond acceptors (Lipinski definition) is 4. The van der Waals surface area contributed by atoms with Crippen molar-refractivity contribution < 1.29 is 4.74 Å². The minimum absolute atomic E-state index is 0.756. The third-order valence-corrected chi connectivity index (χ3v) is 3.76. The van der Waals surface area contributed by atoms with Crippen LogP contribution in [0.5, 0.6) is 0 Å². The van der Waals surface area contributed by atoms with Crippen molar-refractivity contribution in [1.29, 1.82) is 0 Å². The van der Waals surface area contributed by atoms with Crippen LogP contribution < -0.4 is 4.90 Å². The molecule has 5 heteroatoms. The number of morpholine rings is 1. The van der Waals surface area contributed by atoms with Crippen LogP contribution in [0.4, 0.5) is 5.82 Å². The number of halogens is 1. The Morgan fingerprint density at radius 2 is 1.86 bits per heavy atom. The number of aromatic nitrogens is 2. The maximum Gasteiger partial charge on any atom is 0.132 e. The largest absolute Gasteiger partial charge is 0.378 e. The molecule has 2 aromatic rings. The zero-order valence-corrected chi connectivity index (χ0v) is 12.8. The summed E-state index contributed by atoms with van der Waals surface area (Å²) in [6.45, 7) is 5.23. The maximum absolute atomic E-state index is 5.92. The maximum atomic E-state index is 5.92. The first-order chi connectivity index (χ1) is 10.2. The molecule has 1 aromatic carbocycles. The Bertz CT molecular complexity index is 609. The van der Waals surface area contributed by atoms with Gasteiger partial charge in [-0.2, -0.15) is 0 Å². The van der Waals surface area contributed by atoms with Gasteiger partial charge in [0.1, 0.15) is 11.6 Å². The average molecular weight is 304 g/mol. The van der Waals surface area contributed by atoms with Crippen LogP contribution in [0.1, 0.15) is 17.1 Å². The molecule has 4 nitrogen and oxygen atoms in total. The van der Waals surface area contributed by atoms with Gasteiger partial charge >= 0.3 is 0 Å². The predicted molar refractivity (Wildman–Crippen MR) is 84.1 cm³/mol. The number of aryl methyl sites for hydroxylation is 1. The highest BCUT2D eigenvalue weighted by atomic mass is 35.5. The standard InChI is InChI=1S/C16H18ClN3O/c1-12-18-15(10-13-2-4-14(17)5-3-13)11-16(19-12)20-6-8-21-9-7-20/h2-5,11H,6-10H2,1H3. The summed E-state index contributed by atoms with van der Waals surface area (Å²) < 4.78 is 5.39. The Morgan fingerprint density at radius 1 is 1.14 bits per heavy atom. The van der Waals surface area contributed by atoms with Crippen molar-refractivity contribution in [2.45, 2.75) is 13.3 Å². The van der Waals surface area contributed by atoms with Crippen molar-refractivity contribution in [3.8, 4) is 0 Å². The molecule has 0 amide bonds. The molecule has 0 atom stereocenters. The predicted octanol–water partition coefficient (Wildman–Crippen LogP) is 2.87. The Hall–Kier alpha value is -1.65. The number of ether oxygens (including phenoxy) is 1. The van der Waals surface area contributed by atoms with Crippen LogP contribution >= 0.6 is 11.6 Å². The van der Waals surface area contributed by atoms with E-state index in [0.29, 0.717) is 0 Å². The van der Waals surface area contributed by atoms with Gasteiger partial charge in [0.05, 0.1) is 18.9 Å². The van der Waals surface area contributed by atoms with Gasteiger partial charge in [0.15, 0.2) is 0 Å². The third-order valence-electron chi connectivity index (χ3n) is 3.51. The van der Waals surface area contributed by atoms with Crippen molar-refractivity contribution in [2.24, 2.45) is 0 Å². The Morgan fingerprint density at radius 3 is 2.57 bits per heavy atom. The highest BCUT2D eigenvalue weighted by molar-refractivity contribution is 6.30. The number of hydrogen-bond donors (Lipinski definition) is 0. The number of nitrogens with zero attached hydrogens (tertiary/aromatic N) is 3. The van der Waals surface area contributed by atoms with Crippen LogP contribution in [0.25, 0.3) is 0 Å². The van der Waals surface area contributed by atoms with Gasteiger partial charge < -0.3 is 9.64 Å². The lowest BCUT2D eigenvalue weighted by molar-refractivity contribution is 0.122. The molecule has 1 aliphatic rings. The van der Waals surface area contributed by atoms with Crippen LogP contribution in [0, 0.1) is 6.92 Å². The van der Waals surface area contributed by atoms with E-state index in [1.54, 1.807) is 0 Å². The van der Waals surface area contributed by atoms with Crippen LogP contribution in [0.3, 0.4) is 0 Å². The van der Waals surface area contributed by atoms with Gasteiger partial charge in [-0.1, -0.05) is 23.7 Å². The van der Waals surface area contributed by atoms with Crippen molar-refractivity contribution in [2.75, 3.05) is 31.2 Å². The Labute approximate surface area is 129 Å². The van der Waals surface area contributed by atoms with E-state index >= 15 is 0 Å². The van der Waals surface area contributed by atoms with Gasteiger partial charge in [-0.15, -0.1) is 0 Å². The average Bonchev–Trinajstić information content (AvgIpc) is 2.50. The molecular formula is C16H18ClN3O. The van der Waals surface area contributed by atoms with Gasteiger partial charge in [0.2, 0.25) is 0 Å². The summed E-state index contributed by atoms with van der Waals surface area (Å²) in [5.41, 5.74) is 2.23. The first-order valence-corrected chi connectivity index (χ1v) is 7.50. The van der Waals surface area contributed by atoms with Crippen molar-refractivity contribution in [3.05, 3.63) is 52.4 Å². The molecular weight excluding hydrogens is 286 g/mol. The molecule has 0 unspecified atom stereocenters. The fourth-order valence-corrected chi connectivity index (χ4v) is 2.59. The molecule has 0 aliphatic carbocycles. The van der Waals surface area contributed by atoms with E-state index < -0.39 is 0 Å². The van der Waals surface area contributed by atoms with Gasteiger partial charge in [-0.25, -0.2) is 9.97 Å². The molecule has 1 fully saturated rings. The molecule has 1 aromatic heterocycles. The lowest BCUT2D eigenvalue weighted by Crippen LogP contribution is -2.37. The molecule has 2 heterocycles. The van der Waals surface area contributed by atoms with Gasteiger partial charge in [0.25, 0.3) is 0 Å². The molecule has 0 radical (unpaired) electrons. The van der Waals surface area contributed by atoms with E-state index in [1.165, 1.54) is 5.56 Å². The van der Waals surface area contributed by atoms with E-state index in [1.807, 2.05) is 31.2 Å². The first kappa shape index (κ1) is 14.3. The second kappa shape index (κ2) is 6.41. The SMILES string of the molecule is Cc1nc(Cc2ccc(Cl)cc2)cc(N2CCOCC2)n1. The summed E-state index contributed by atoms with van der Waals surface area (Å²) in [7, 11) is 0. The number of benzene rings is 1. The van der Waals surface area contributed by atoms with E-state index in [4.69, 9.17) is 16.3 Å². The summed E-state index contributed by atoms with van der Waals surface area (Å²) in [6, 6.07) is 9.97. The minimum atomic E-state index is 0.756. The molecule has 1 saturated heterocycles. The van der Waals surface area contributed by atoms with E-state index in [9.17, 15) is 0 Å². The second-order valence-corrected chi connectivity index (χ2v) is 5.60. The molecule has 1 aliphatic heterocycles. The zero-order valence-electron chi connectivity index (χ0n) is 12.1. The van der Waals surface area contributed by atoms with Crippen molar-refractivity contribution in [1.82, 2.24) is 9.97 Å². The normalized spacial score (nSPS) is 15.2. The van der Waals surface area contributed by atoms with Crippen molar-refractivity contribution in [3.63, 3.8) is 0 Å². The van der Waals surface area contributed by atoms with Crippen LogP contribution in [-0.2, 0) is 11.2 Å². The summed E-state index contributed by atoms with van der Waals surface area (Å²) in [6.07, 6.45) is 0.790. The first-order valence-electron chi connectivity index (χ1n) is 7.12. The monoisotopic (exact) mass is 303 g/mol. The molecule has 0 spiro atoms. The van der Waals surface area contributed by atoms with E-state index in [-0.39, 0.29) is 0 Å². The fraction of sp³-hybridized carbons (Fsp3) is 0.375. The van der Waals surface area contributed by atoms with Crippen LogP contribution in [0.2, 0.25) is 5.02 Å². The van der Waals surface area contributed by atoms with Crippen LogP contribution in [0.15, 0.2) is 30.3 Å². The third kappa shape index (κ3) is 3.71. The fourth-order valence-electron chi connectivity index (χ4n) is 2.47. The summed E-state index contributed by atoms with van der Waals surface area (Å²) in [5, 5.41) is 0.756. The lowest BCUT2D eigenvalue weighted by Gasteiger charge is -2.28. The lowest BCUT2D eigenvalue weighted by atomic mass is 10.1. The highest BCUT2D eigenvalue weighted by Crippen LogP contribution is 2.18. The van der Waals surface area contributed by atoms with E-state index in [0.717, 1.165) is 55.1 Å². The molecule has 0 saturated carbocycles. The quantitative estimate of drug-likeness (QED) is 0.874. The smallest absolute Gasteiger partial charge is 0.132 e. The molecule has 21 heavy (non-hydrogen) atoms. The number of anilines is 1. The molecule has 0 N–H and O–H groups in total. The van der Waals surface area contributed by atoms with E-state index in [2.05, 4.69) is 20.9 Å². The topological polar surface area (TPSA) is 38.2 Å². The van der Waals surface area contributed by atoms with Crippen LogP contribution in [-0.4, -0.2) is 36.3 Å². The van der Waals surface area contributed by atoms with Gasteiger partial charge in [-0.05, 0) is 24.6 Å². The summed E-state index contributed by atoms with van der Waals surface area (Å²) >= 11 is 5.92. The Balaban J connectivity index is 1.81. The molecule has 110 valence electrons. The summed E-state index contributed by atoms with van der Waals surface area (Å²) in [5.74, 6) is 1.80. The second-order valence-electron chi connectivity index (χ2n) is 5.17. The zero-order chi connectivity index (χ0) is 14.7. The highest BCUT2D eigenvalue weighted by Gasteiger charge is 2.14. The van der Waals surface area contributed by atoms with Crippen molar-refractivity contribution >= 4 is 17.4 Å². The Kier molecular flexibility index (Phi) is 4.36. The molecule has 0 bridgehead atoms. The number of rotatable bonds is 3. The van der Waals surface area contributed by atoms with Gasteiger partial charge in [0, 0.05) is 30.6 Å². The molecule has 3 rings (SSSR count). The minimum Gasteiger partial charge on any atom is -0.378 e.